The molecule has 0 saturated heterocycles. The van der Waals surface area contributed by atoms with Gasteiger partial charge in [0.05, 0.1) is 0 Å². The quantitative estimate of drug-likeness (QED) is 0.752. The van der Waals surface area contributed by atoms with E-state index in [2.05, 4.69) is 17.6 Å². The first-order valence-electron chi connectivity index (χ1n) is 7.21. The average molecular weight is 252 g/mol. The van der Waals surface area contributed by atoms with Crippen molar-refractivity contribution in [3.63, 3.8) is 0 Å². The van der Waals surface area contributed by atoms with Crippen LogP contribution < -0.4 is 10.6 Å². The lowest BCUT2D eigenvalue weighted by molar-refractivity contribution is -0.123. The minimum atomic E-state index is 0.0612. The van der Waals surface area contributed by atoms with E-state index in [-0.39, 0.29) is 17.7 Å². The lowest BCUT2D eigenvalue weighted by Gasteiger charge is -2.10. The van der Waals surface area contributed by atoms with Crippen LogP contribution in [0.25, 0.3) is 0 Å². The minimum absolute atomic E-state index is 0.0612. The van der Waals surface area contributed by atoms with Gasteiger partial charge in [-0.3, -0.25) is 9.59 Å². The number of hydrogen-bond acceptors (Lipinski definition) is 2. The topological polar surface area (TPSA) is 58.2 Å². The summed E-state index contributed by atoms with van der Waals surface area (Å²) in [6.45, 7) is 3.36. The lowest BCUT2D eigenvalue weighted by Crippen LogP contribution is -2.33. The highest BCUT2D eigenvalue weighted by Gasteiger charge is 2.38. The average Bonchev–Trinajstić information content (AvgIpc) is 2.88. The first-order valence-corrected chi connectivity index (χ1v) is 7.21. The van der Waals surface area contributed by atoms with Gasteiger partial charge >= 0.3 is 0 Å². The number of amides is 2. The third kappa shape index (κ3) is 4.00. The van der Waals surface area contributed by atoms with E-state index in [9.17, 15) is 9.59 Å². The molecule has 2 aliphatic carbocycles. The summed E-state index contributed by atoms with van der Waals surface area (Å²) in [6.07, 6.45) is 6.50. The van der Waals surface area contributed by atoms with Gasteiger partial charge in [-0.2, -0.15) is 0 Å². The monoisotopic (exact) mass is 252 g/mol. The van der Waals surface area contributed by atoms with Gasteiger partial charge in [0, 0.05) is 25.4 Å². The van der Waals surface area contributed by atoms with Gasteiger partial charge in [0.25, 0.3) is 0 Å². The molecule has 0 aromatic heterocycles. The normalized spacial score (nSPS) is 26.9. The van der Waals surface area contributed by atoms with Crippen LogP contribution in [0.15, 0.2) is 0 Å². The van der Waals surface area contributed by atoms with E-state index in [1.165, 1.54) is 25.7 Å². The fourth-order valence-corrected chi connectivity index (χ4v) is 2.68. The molecule has 0 aliphatic heterocycles. The second-order valence-corrected chi connectivity index (χ2v) is 5.82. The van der Waals surface area contributed by atoms with Crippen LogP contribution in [-0.2, 0) is 9.59 Å². The zero-order valence-corrected chi connectivity index (χ0v) is 11.2. The molecule has 2 amide bonds. The molecular weight excluding hydrogens is 228 g/mol. The smallest absolute Gasteiger partial charge is 0.223 e. The first-order chi connectivity index (χ1) is 8.66. The zero-order valence-electron chi connectivity index (χ0n) is 11.2. The Kier molecular flexibility index (Phi) is 4.61. The molecule has 102 valence electrons. The SMILES string of the molecule is C[C@@H]1C[C@@H]1C(=O)NCCC(=O)NCC1CCCC1. The Morgan fingerprint density at radius 3 is 2.44 bits per heavy atom. The summed E-state index contributed by atoms with van der Waals surface area (Å²) in [6, 6.07) is 0. The van der Waals surface area contributed by atoms with Gasteiger partial charge in [-0.15, -0.1) is 0 Å². The van der Waals surface area contributed by atoms with Gasteiger partial charge in [0.2, 0.25) is 11.8 Å². The predicted octanol–water partition coefficient (Wildman–Crippen LogP) is 1.46. The van der Waals surface area contributed by atoms with Crippen LogP contribution in [0.4, 0.5) is 0 Å². The number of carbonyl (C=O) groups is 2. The van der Waals surface area contributed by atoms with Crippen LogP contribution in [0.5, 0.6) is 0 Å². The number of rotatable bonds is 6. The maximum absolute atomic E-state index is 11.6. The Balaban J connectivity index is 1.50. The van der Waals surface area contributed by atoms with Crippen molar-refractivity contribution in [3.05, 3.63) is 0 Å². The number of nitrogens with one attached hydrogen (secondary N) is 2. The summed E-state index contributed by atoms with van der Waals surface area (Å²) in [5.74, 6) is 1.58. The summed E-state index contributed by atoms with van der Waals surface area (Å²) in [5, 5.41) is 5.80. The van der Waals surface area contributed by atoms with Crippen molar-refractivity contribution in [2.75, 3.05) is 13.1 Å². The third-order valence-electron chi connectivity index (χ3n) is 4.16. The van der Waals surface area contributed by atoms with Crippen LogP contribution in [0, 0.1) is 17.8 Å². The van der Waals surface area contributed by atoms with Crippen molar-refractivity contribution >= 4 is 11.8 Å². The summed E-state index contributed by atoms with van der Waals surface area (Å²) in [4.78, 5) is 23.1. The molecule has 0 unspecified atom stereocenters. The van der Waals surface area contributed by atoms with Crippen LogP contribution in [0.2, 0.25) is 0 Å². The molecule has 4 nitrogen and oxygen atoms in total. The Morgan fingerprint density at radius 2 is 1.83 bits per heavy atom. The van der Waals surface area contributed by atoms with Crippen molar-refractivity contribution in [1.82, 2.24) is 10.6 Å². The molecule has 2 fully saturated rings. The van der Waals surface area contributed by atoms with Gasteiger partial charge in [-0.05, 0) is 31.1 Å². The molecule has 2 aliphatic rings. The van der Waals surface area contributed by atoms with E-state index in [1.54, 1.807) is 0 Å². The Morgan fingerprint density at radius 1 is 1.17 bits per heavy atom. The van der Waals surface area contributed by atoms with E-state index in [0.29, 0.717) is 24.8 Å². The van der Waals surface area contributed by atoms with Gasteiger partial charge < -0.3 is 10.6 Å². The fraction of sp³-hybridized carbons (Fsp3) is 0.857. The standard InChI is InChI=1S/C14H24N2O2/c1-10-8-12(10)14(18)15-7-6-13(17)16-9-11-4-2-3-5-11/h10-12H,2-9H2,1H3,(H,15,18)(H,16,17)/t10-,12+/m1/s1. The molecule has 2 atom stereocenters. The Bertz CT molecular complexity index is 311. The maximum Gasteiger partial charge on any atom is 0.223 e. The molecule has 0 aromatic rings. The fourth-order valence-electron chi connectivity index (χ4n) is 2.68. The van der Waals surface area contributed by atoms with E-state index in [4.69, 9.17) is 0 Å². The van der Waals surface area contributed by atoms with Gasteiger partial charge in [0.15, 0.2) is 0 Å². The van der Waals surface area contributed by atoms with Crippen LogP contribution in [0.3, 0.4) is 0 Å². The van der Waals surface area contributed by atoms with Gasteiger partial charge in [-0.25, -0.2) is 0 Å². The molecule has 18 heavy (non-hydrogen) atoms. The van der Waals surface area contributed by atoms with E-state index in [1.807, 2.05) is 0 Å². The molecule has 0 spiro atoms. The Labute approximate surface area is 109 Å². The summed E-state index contributed by atoms with van der Waals surface area (Å²) < 4.78 is 0. The highest BCUT2D eigenvalue weighted by Crippen LogP contribution is 2.37. The summed E-state index contributed by atoms with van der Waals surface area (Å²) in [7, 11) is 0. The Hall–Kier alpha value is -1.06. The molecule has 0 radical (unpaired) electrons. The molecule has 4 heteroatoms. The van der Waals surface area contributed by atoms with E-state index < -0.39 is 0 Å². The molecule has 0 heterocycles. The molecular formula is C14H24N2O2. The van der Waals surface area contributed by atoms with Crippen molar-refractivity contribution in [3.8, 4) is 0 Å². The third-order valence-corrected chi connectivity index (χ3v) is 4.16. The van der Waals surface area contributed by atoms with Gasteiger partial charge in [-0.1, -0.05) is 19.8 Å². The molecule has 2 N–H and O–H groups in total. The van der Waals surface area contributed by atoms with Crippen molar-refractivity contribution in [1.29, 1.82) is 0 Å². The molecule has 2 saturated carbocycles. The highest BCUT2D eigenvalue weighted by atomic mass is 16.2. The van der Waals surface area contributed by atoms with Crippen molar-refractivity contribution in [2.45, 2.75) is 45.4 Å². The van der Waals surface area contributed by atoms with Crippen molar-refractivity contribution in [2.24, 2.45) is 17.8 Å². The van der Waals surface area contributed by atoms with Crippen LogP contribution in [-0.4, -0.2) is 24.9 Å². The van der Waals surface area contributed by atoms with Gasteiger partial charge in [0.1, 0.15) is 0 Å². The highest BCUT2D eigenvalue weighted by molar-refractivity contribution is 5.82. The van der Waals surface area contributed by atoms with E-state index >= 15 is 0 Å². The minimum Gasteiger partial charge on any atom is -0.356 e. The first kappa shape index (κ1) is 13.4. The van der Waals surface area contributed by atoms with E-state index in [0.717, 1.165) is 13.0 Å². The molecule has 0 bridgehead atoms. The summed E-state index contributed by atoms with van der Waals surface area (Å²) in [5.41, 5.74) is 0. The summed E-state index contributed by atoms with van der Waals surface area (Å²) >= 11 is 0. The molecule has 0 aromatic carbocycles. The van der Waals surface area contributed by atoms with Crippen LogP contribution >= 0.6 is 0 Å². The van der Waals surface area contributed by atoms with Crippen molar-refractivity contribution < 1.29 is 9.59 Å². The number of carbonyl (C=O) groups excluding carboxylic acids is 2. The largest absolute Gasteiger partial charge is 0.356 e. The molecule has 2 rings (SSSR count). The second-order valence-electron chi connectivity index (χ2n) is 5.82. The second kappa shape index (κ2) is 6.21. The zero-order chi connectivity index (χ0) is 13.0. The maximum atomic E-state index is 11.6. The van der Waals surface area contributed by atoms with Crippen LogP contribution in [0.1, 0.15) is 45.4 Å². The lowest BCUT2D eigenvalue weighted by atomic mass is 10.1. The predicted molar refractivity (Wildman–Crippen MR) is 69.9 cm³/mol. The number of hydrogen-bond donors (Lipinski definition) is 2.